The highest BCUT2D eigenvalue weighted by Crippen LogP contribution is 2.44. The summed E-state index contributed by atoms with van der Waals surface area (Å²) in [7, 11) is 5.73. The first kappa shape index (κ1) is 28.9. The highest BCUT2D eigenvalue weighted by atomic mass is 16.6. The molecule has 2 fully saturated rings. The molecule has 1 heterocycles. The van der Waals surface area contributed by atoms with Crippen molar-refractivity contribution in [2.45, 2.75) is 82.6 Å². The van der Waals surface area contributed by atoms with Gasteiger partial charge < -0.3 is 14.2 Å². The van der Waals surface area contributed by atoms with Crippen LogP contribution in [0.15, 0.2) is 54.6 Å². The van der Waals surface area contributed by atoms with Crippen LogP contribution in [0.5, 0.6) is 5.75 Å². The lowest BCUT2D eigenvalue weighted by atomic mass is 9.70. The lowest BCUT2D eigenvalue weighted by Crippen LogP contribution is -2.44. The molecule has 212 valence electrons. The lowest BCUT2D eigenvalue weighted by molar-refractivity contribution is -0.145. The summed E-state index contributed by atoms with van der Waals surface area (Å²) in [5, 5.41) is 0. The van der Waals surface area contributed by atoms with Gasteiger partial charge in [-0.3, -0.25) is 9.80 Å². The number of benzene rings is 2. The third-order valence-electron chi connectivity index (χ3n) is 8.19. The van der Waals surface area contributed by atoms with Crippen LogP contribution in [-0.2, 0) is 26.2 Å². The summed E-state index contributed by atoms with van der Waals surface area (Å²) in [6.07, 6.45) is 5.15. The quantitative estimate of drug-likeness (QED) is 0.416. The molecular formula is C32H44N2O5. The van der Waals surface area contributed by atoms with Crippen LogP contribution in [-0.4, -0.2) is 67.4 Å². The van der Waals surface area contributed by atoms with Gasteiger partial charge in [0.25, 0.3) is 0 Å². The van der Waals surface area contributed by atoms with Crippen LogP contribution in [0.4, 0.5) is 4.79 Å². The smallest absolute Gasteiger partial charge is 0.411 e. The minimum atomic E-state index is -0.721. The van der Waals surface area contributed by atoms with Crippen molar-refractivity contribution in [3.8, 4) is 5.75 Å². The van der Waals surface area contributed by atoms with Gasteiger partial charge in [0.2, 0.25) is 0 Å². The number of rotatable bonds is 7. The number of amides is 1. The van der Waals surface area contributed by atoms with Crippen LogP contribution in [0.3, 0.4) is 0 Å². The monoisotopic (exact) mass is 536 g/mol. The van der Waals surface area contributed by atoms with Gasteiger partial charge >= 0.3 is 12.1 Å². The normalized spacial score (nSPS) is 25.4. The molecule has 2 aliphatic rings. The molecule has 1 aliphatic heterocycles. The molecule has 4 rings (SSSR count). The van der Waals surface area contributed by atoms with E-state index in [0.29, 0.717) is 12.3 Å². The van der Waals surface area contributed by atoms with Crippen LogP contribution in [0.2, 0.25) is 0 Å². The second-order valence-electron chi connectivity index (χ2n) is 12.2. The van der Waals surface area contributed by atoms with E-state index in [4.69, 9.17) is 14.2 Å². The van der Waals surface area contributed by atoms with E-state index in [-0.39, 0.29) is 18.2 Å². The van der Waals surface area contributed by atoms with Crippen LogP contribution in [0, 0.1) is 5.92 Å². The molecule has 2 atom stereocenters. The Bertz CT molecular complexity index is 1120. The van der Waals surface area contributed by atoms with Crippen molar-refractivity contribution in [2.75, 3.05) is 27.7 Å². The Labute approximate surface area is 233 Å². The first-order valence-electron chi connectivity index (χ1n) is 14.1. The number of hydrogen-bond acceptors (Lipinski definition) is 6. The molecule has 0 unspecified atom stereocenters. The van der Waals surface area contributed by atoms with Crippen LogP contribution < -0.4 is 4.74 Å². The molecule has 1 saturated carbocycles. The number of likely N-dealkylation sites (tertiary alicyclic amines) is 1. The van der Waals surface area contributed by atoms with E-state index in [1.807, 2.05) is 32.9 Å². The van der Waals surface area contributed by atoms with Gasteiger partial charge in [-0.1, -0.05) is 42.5 Å². The van der Waals surface area contributed by atoms with Crippen molar-refractivity contribution in [2.24, 2.45) is 5.92 Å². The third-order valence-corrected chi connectivity index (χ3v) is 8.19. The zero-order valence-electron chi connectivity index (χ0n) is 24.3. The standard InChI is InChI=1S/C32H44N2O5/c1-31(2,3)39-30(36)34-22-27(21-28(34)29(35)37-6)38-26-14-10-11-24(20-26)19-23-15-17-32(18-16-23,33(4)5)25-12-8-7-9-13-25/h7-14,20,23,27-28H,15-19,21-22H2,1-6H3/t23-,27-,28+,32-/m1/s1. The fraction of sp³-hybridized carbons (Fsp3) is 0.562. The average molecular weight is 537 g/mol. The van der Waals surface area contributed by atoms with Crippen LogP contribution in [0.25, 0.3) is 0 Å². The van der Waals surface area contributed by atoms with Gasteiger partial charge in [-0.2, -0.15) is 0 Å². The number of esters is 1. The van der Waals surface area contributed by atoms with Crippen molar-refractivity contribution in [1.82, 2.24) is 9.80 Å². The highest BCUT2D eigenvalue weighted by Gasteiger charge is 2.43. The molecule has 0 N–H and O–H groups in total. The Balaban J connectivity index is 1.38. The highest BCUT2D eigenvalue weighted by molar-refractivity contribution is 5.82. The maximum absolute atomic E-state index is 12.8. The second kappa shape index (κ2) is 12.0. The van der Waals surface area contributed by atoms with Gasteiger partial charge in [0, 0.05) is 12.0 Å². The van der Waals surface area contributed by atoms with E-state index >= 15 is 0 Å². The zero-order chi connectivity index (χ0) is 28.2. The minimum Gasteiger partial charge on any atom is -0.488 e. The summed E-state index contributed by atoms with van der Waals surface area (Å²) in [6.45, 7) is 5.69. The van der Waals surface area contributed by atoms with E-state index < -0.39 is 23.7 Å². The summed E-state index contributed by atoms with van der Waals surface area (Å²) in [6, 6.07) is 18.4. The molecule has 2 aromatic carbocycles. The van der Waals surface area contributed by atoms with Gasteiger partial charge in [-0.25, -0.2) is 9.59 Å². The first-order chi connectivity index (χ1) is 18.5. The molecule has 0 aromatic heterocycles. The summed E-state index contributed by atoms with van der Waals surface area (Å²) in [5.74, 6) is 0.923. The van der Waals surface area contributed by atoms with Crippen molar-refractivity contribution in [3.63, 3.8) is 0 Å². The number of ether oxygens (including phenoxy) is 3. The molecule has 7 heteroatoms. The Hall–Kier alpha value is -3.06. The van der Waals surface area contributed by atoms with Gasteiger partial charge in [-0.05, 0) is 96.1 Å². The Kier molecular flexibility index (Phi) is 8.90. The fourth-order valence-electron chi connectivity index (χ4n) is 6.14. The van der Waals surface area contributed by atoms with E-state index in [1.165, 1.54) is 36.0 Å². The number of carbonyl (C=O) groups excluding carboxylic acids is 2. The Morgan fingerprint density at radius 1 is 1.03 bits per heavy atom. The van der Waals surface area contributed by atoms with Crippen LogP contribution in [0.1, 0.15) is 64.0 Å². The molecule has 1 amide bonds. The van der Waals surface area contributed by atoms with E-state index in [1.54, 1.807) is 0 Å². The topological polar surface area (TPSA) is 68.3 Å². The van der Waals surface area contributed by atoms with E-state index in [2.05, 4.69) is 61.5 Å². The van der Waals surface area contributed by atoms with E-state index in [9.17, 15) is 9.59 Å². The van der Waals surface area contributed by atoms with Gasteiger partial charge in [-0.15, -0.1) is 0 Å². The fourth-order valence-corrected chi connectivity index (χ4v) is 6.14. The van der Waals surface area contributed by atoms with Gasteiger partial charge in [0.15, 0.2) is 0 Å². The molecular weight excluding hydrogens is 492 g/mol. The Morgan fingerprint density at radius 2 is 1.72 bits per heavy atom. The SMILES string of the molecule is COC(=O)[C@@H]1C[C@@H](Oc2cccc(C[C@H]3CC[C@](c4ccccc4)(N(C)C)CC3)c2)CN1C(=O)OC(C)(C)C. The number of methoxy groups -OCH3 is 1. The summed E-state index contributed by atoms with van der Waals surface area (Å²) in [5.41, 5.74) is 2.10. The minimum absolute atomic E-state index is 0.0986. The first-order valence-corrected chi connectivity index (χ1v) is 14.1. The molecule has 0 spiro atoms. The summed E-state index contributed by atoms with van der Waals surface area (Å²) < 4.78 is 16.8. The molecule has 2 aromatic rings. The summed E-state index contributed by atoms with van der Waals surface area (Å²) >= 11 is 0. The van der Waals surface area contributed by atoms with Crippen molar-refractivity contribution >= 4 is 12.1 Å². The van der Waals surface area contributed by atoms with Gasteiger partial charge in [0.1, 0.15) is 23.5 Å². The van der Waals surface area contributed by atoms with Gasteiger partial charge in [0.05, 0.1) is 13.7 Å². The lowest BCUT2D eigenvalue weighted by Gasteiger charge is -2.45. The maximum Gasteiger partial charge on any atom is 0.411 e. The summed E-state index contributed by atoms with van der Waals surface area (Å²) in [4.78, 5) is 29.0. The third kappa shape index (κ3) is 6.93. The number of nitrogens with zero attached hydrogens (tertiary/aromatic N) is 2. The van der Waals surface area contributed by atoms with Crippen molar-refractivity contribution in [1.29, 1.82) is 0 Å². The average Bonchev–Trinajstić information content (AvgIpc) is 3.32. The van der Waals surface area contributed by atoms with E-state index in [0.717, 1.165) is 25.0 Å². The molecule has 1 saturated heterocycles. The van der Waals surface area contributed by atoms with Crippen LogP contribution >= 0.6 is 0 Å². The zero-order valence-corrected chi connectivity index (χ0v) is 24.3. The predicted octanol–water partition coefficient (Wildman–Crippen LogP) is 5.81. The molecule has 1 aliphatic carbocycles. The molecule has 39 heavy (non-hydrogen) atoms. The number of carbonyl (C=O) groups is 2. The Morgan fingerprint density at radius 3 is 2.33 bits per heavy atom. The number of hydrogen-bond donors (Lipinski definition) is 0. The molecule has 0 bridgehead atoms. The van der Waals surface area contributed by atoms with Crippen molar-refractivity contribution < 1.29 is 23.8 Å². The largest absolute Gasteiger partial charge is 0.488 e. The van der Waals surface area contributed by atoms with Crippen molar-refractivity contribution in [3.05, 3.63) is 65.7 Å². The molecule has 0 radical (unpaired) electrons. The second-order valence-corrected chi connectivity index (χ2v) is 12.2. The maximum atomic E-state index is 12.8. The molecule has 7 nitrogen and oxygen atoms in total. The predicted molar refractivity (Wildman–Crippen MR) is 152 cm³/mol.